The largest absolute Gasteiger partial charge is 0.359 e. The van der Waals surface area contributed by atoms with Crippen molar-refractivity contribution in [3.63, 3.8) is 0 Å². The SMILES string of the molecule is CN=C(NC)N1CCN(C(C)C(=O)N2CCCC2)CC1.I. The highest BCUT2D eigenvalue weighted by molar-refractivity contribution is 14.0. The highest BCUT2D eigenvalue weighted by Crippen LogP contribution is 2.13. The van der Waals surface area contributed by atoms with Gasteiger partial charge in [0, 0.05) is 53.4 Å². The molecule has 0 aliphatic carbocycles. The second kappa shape index (κ2) is 8.77. The number of guanidine groups is 1. The molecule has 0 aromatic rings. The van der Waals surface area contributed by atoms with Crippen LogP contribution in [0.5, 0.6) is 0 Å². The molecule has 0 spiro atoms. The molecule has 0 aromatic heterocycles. The minimum absolute atomic E-state index is 0. The molecular formula is C14H28IN5O. The Kier molecular flexibility index (Phi) is 7.72. The topological polar surface area (TPSA) is 51.2 Å². The summed E-state index contributed by atoms with van der Waals surface area (Å²) in [5.74, 6) is 1.23. The molecule has 0 aromatic carbocycles. The fourth-order valence-electron chi connectivity index (χ4n) is 3.09. The minimum atomic E-state index is 0. The van der Waals surface area contributed by atoms with Crippen LogP contribution in [0.4, 0.5) is 0 Å². The van der Waals surface area contributed by atoms with E-state index in [-0.39, 0.29) is 30.0 Å². The molecule has 2 saturated heterocycles. The van der Waals surface area contributed by atoms with Gasteiger partial charge in [0.05, 0.1) is 6.04 Å². The third-order valence-corrected chi connectivity index (χ3v) is 4.37. The molecule has 2 heterocycles. The number of amides is 1. The van der Waals surface area contributed by atoms with Crippen molar-refractivity contribution in [2.45, 2.75) is 25.8 Å². The zero-order valence-corrected chi connectivity index (χ0v) is 15.7. The molecule has 6 nitrogen and oxygen atoms in total. The van der Waals surface area contributed by atoms with E-state index >= 15 is 0 Å². The van der Waals surface area contributed by atoms with Gasteiger partial charge in [-0.3, -0.25) is 14.7 Å². The molecule has 1 unspecified atom stereocenters. The van der Waals surface area contributed by atoms with Crippen LogP contribution < -0.4 is 5.32 Å². The van der Waals surface area contributed by atoms with Crippen LogP contribution in [0.1, 0.15) is 19.8 Å². The van der Waals surface area contributed by atoms with E-state index in [9.17, 15) is 4.79 Å². The van der Waals surface area contributed by atoms with Gasteiger partial charge in [0.25, 0.3) is 0 Å². The van der Waals surface area contributed by atoms with E-state index in [2.05, 4.69) is 20.1 Å². The number of aliphatic imine (C=N–C) groups is 1. The lowest BCUT2D eigenvalue weighted by molar-refractivity contribution is -0.135. The Morgan fingerprint density at radius 3 is 2.10 bits per heavy atom. The predicted molar refractivity (Wildman–Crippen MR) is 96.3 cm³/mol. The summed E-state index contributed by atoms with van der Waals surface area (Å²) in [6.07, 6.45) is 2.31. The highest BCUT2D eigenvalue weighted by atomic mass is 127. The van der Waals surface area contributed by atoms with E-state index in [0.29, 0.717) is 5.91 Å². The lowest BCUT2D eigenvalue weighted by Gasteiger charge is -2.39. The number of carbonyl (C=O) groups is 1. The van der Waals surface area contributed by atoms with Gasteiger partial charge >= 0.3 is 0 Å². The molecule has 7 heteroatoms. The van der Waals surface area contributed by atoms with Crippen LogP contribution in [-0.2, 0) is 4.79 Å². The number of nitrogens with zero attached hydrogens (tertiary/aromatic N) is 4. The second-order valence-electron chi connectivity index (χ2n) is 5.53. The number of piperazine rings is 1. The van der Waals surface area contributed by atoms with Gasteiger partial charge in [0.2, 0.25) is 5.91 Å². The van der Waals surface area contributed by atoms with Gasteiger partial charge in [-0.25, -0.2) is 0 Å². The quantitative estimate of drug-likeness (QED) is 0.409. The van der Waals surface area contributed by atoms with E-state index in [1.165, 1.54) is 0 Å². The van der Waals surface area contributed by atoms with Gasteiger partial charge < -0.3 is 15.1 Å². The summed E-state index contributed by atoms with van der Waals surface area (Å²) >= 11 is 0. The zero-order valence-electron chi connectivity index (χ0n) is 13.3. The van der Waals surface area contributed by atoms with Crippen LogP contribution in [0.25, 0.3) is 0 Å². The predicted octanol–water partition coefficient (Wildman–Crippen LogP) is 0.438. The van der Waals surface area contributed by atoms with E-state index in [0.717, 1.165) is 58.1 Å². The van der Waals surface area contributed by atoms with Gasteiger partial charge in [-0.2, -0.15) is 0 Å². The van der Waals surface area contributed by atoms with Crippen molar-refractivity contribution in [3.8, 4) is 0 Å². The normalized spacial score (nSPS) is 22.0. The standard InChI is InChI=1S/C14H27N5O.HI/c1-12(13(20)18-6-4-5-7-18)17-8-10-19(11-9-17)14(15-2)16-3;/h12H,4-11H2,1-3H3,(H,15,16);1H. The third-order valence-electron chi connectivity index (χ3n) is 4.37. The monoisotopic (exact) mass is 409 g/mol. The lowest BCUT2D eigenvalue weighted by Crippen LogP contribution is -2.56. The average molecular weight is 409 g/mol. The number of carbonyl (C=O) groups excluding carboxylic acids is 1. The van der Waals surface area contributed by atoms with Crippen LogP contribution in [0.3, 0.4) is 0 Å². The number of likely N-dealkylation sites (tertiary alicyclic amines) is 1. The van der Waals surface area contributed by atoms with Crippen LogP contribution in [0, 0.1) is 0 Å². The number of hydrogen-bond acceptors (Lipinski definition) is 3. The summed E-state index contributed by atoms with van der Waals surface area (Å²) in [7, 11) is 3.70. The summed E-state index contributed by atoms with van der Waals surface area (Å²) in [5, 5.41) is 3.12. The summed E-state index contributed by atoms with van der Waals surface area (Å²) in [5.41, 5.74) is 0. The van der Waals surface area contributed by atoms with Gasteiger partial charge in [-0.15, -0.1) is 24.0 Å². The molecule has 0 bridgehead atoms. The molecule has 1 N–H and O–H groups in total. The van der Waals surface area contributed by atoms with Crippen LogP contribution in [0.2, 0.25) is 0 Å². The molecule has 1 amide bonds. The number of rotatable bonds is 2. The Morgan fingerprint density at radius 1 is 1.05 bits per heavy atom. The Morgan fingerprint density at radius 2 is 1.62 bits per heavy atom. The third kappa shape index (κ3) is 4.45. The Labute approximate surface area is 145 Å². The maximum Gasteiger partial charge on any atom is 0.239 e. The number of hydrogen-bond donors (Lipinski definition) is 1. The van der Waals surface area contributed by atoms with Crippen LogP contribution in [0.15, 0.2) is 4.99 Å². The maximum atomic E-state index is 12.4. The van der Waals surface area contributed by atoms with Gasteiger partial charge in [0.1, 0.15) is 0 Å². The molecule has 122 valence electrons. The second-order valence-corrected chi connectivity index (χ2v) is 5.53. The van der Waals surface area contributed by atoms with Crippen LogP contribution >= 0.6 is 24.0 Å². The Balaban J connectivity index is 0.00000220. The zero-order chi connectivity index (χ0) is 14.5. The number of halogens is 1. The van der Waals surface area contributed by atoms with E-state index in [1.54, 1.807) is 7.05 Å². The summed E-state index contributed by atoms with van der Waals surface area (Å²) in [4.78, 5) is 23.2. The number of nitrogens with one attached hydrogen (secondary N) is 1. The molecule has 2 fully saturated rings. The average Bonchev–Trinajstić information content (AvgIpc) is 3.02. The van der Waals surface area contributed by atoms with Crippen molar-refractivity contribution in [2.24, 2.45) is 4.99 Å². The van der Waals surface area contributed by atoms with Gasteiger partial charge in [0.15, 0.2) is 5.96 Å². The minimum Gasteiger partial charge on any atom is -0.359 e. The Bertz CT molecular complexity index is 362. The first kappa shape index (κ1) is 18.5. The molecule has 2 aliphatic heterocycles. The molecule has 2 aliphatic rings. The highest BCUT2D eigenvalue weighted by Gasteiger charge is 2.30. The molecule has 1 atom stereocenters. The van der Waals surface area contributed by atoms with E-state index in [4.69, 9.17) is 0 Å². The van der Waals surface area contributed by atoms with Crippen molar-refractivity contribution >= 4 is 35.8 Å². The summed E-state index contributed by atoms with van der Waals surface area (Å²) in [6.45, 7) is 7.60. The molecule has 0 saturated carbocycles. The molecule has 2 rings (SSSR count). The van der Waals surface area contributed by atoms with Crippen molar-refractivity contribution in [3.05, 3.63) is 0 Å². The fourth-order valence-corrected chi connectivity index (χ4v) is 3.09. The first-order valence-corrected chi connectivity index (χ1v) is 7.59. The Hall–Kier alpha value is -0.570. The molecule has 0 radical (unpaired) electrons. The van der Waals surface area contributed by atoms with E-state index in [1.807, 2.05) is 18.9 Å². The van der Waals surface area contributed by atoms with Crippen molar-refractivity contribution in [1.82, 2.24) is 20.0 Å². The molecular weight excluding hydrogens is 381 g/mol. The van der Waals surface area contributed by atoms with Crippen molar-refractivity contribution in [1.29, 1.82) is 0 Å². The van der Waals surface area contributed by atoms with Crippen molar-refractivity contribution < 1.29 is 4.79 Å². The summed E-state index contributed by atoms with van der Waals surface area (Å²) < 4.78 is 0. The van der Waals surface area contributed by atoms with Gasteiger partial charge in [-0.05, 0) is 19.8 Å². The maximum absolute atomic E-state index is 12.4. The first-order valence-electron chi connectivity index (χ1n) is 7.59. The molecule has 21 heavy (non-hydrogen) atoms. The lowest BCUT2D eigenvalue weighted by atomic mass is 10.2. The summed E-state index contributed by atoms with van der Waals surface area (Å²) in [6, 6.07) is 0.00634. The van der Waals surface area contributed by atoms with Crippen LogP contribution in [-0.4, -0.2) is 86.0 Å². The fraction of sp³-hybridized carbons (Fsp3) is 0.857. The van der Waals surface area contributed by atoms with Gasteiger partial charge in [-0.1, -0.05) is 0 Å². The van der Waals surface area contributed by atoms with E-state index < -0.39 is 0 Å². The smallest absolute Gasteiger partial charge is 0.239 e. The first-order chi connectivity index (χ1) is 9.67. The van der Waals surface area contributed by atoms with Crippen molar-refractivity contribution in [2.75, 3.05) is 53.4 Å².